The summed E-state index contributed by atoms with van der Waals surface area (Å²) in [6, 6.07) is 0. The van der Waals surface area contributed by atoms with Crippen LogP contribution in [0.1, 0.15) is 37.7 Å². The van der Waals surface area contributed by atoms with Crippen molar-refractivity contribution in [1.29, 1.82) is 0 Å². The molecule has 0 N–H and O–H groups in total. The highest BCUT2D eigenvalue weighted by Gasteiger charge is 2.25. The molecule has 0 bridgehead atoms. The molecule has 20 heavy (non-hydrogen) atoms. The quantitative estimate of drug-likeness (QED) is 0.783. The molecule has 0 amide bonds. The Bertz CT molecular complexity index is 518. The average molecular weight is 314 g/mol. The van der Waals surface area contributed by atoms with Crippen LogP contribution in [-0.4, -0.2) is 47.6 Å². The Morgan fingerprint density at radius 3 is 2.45 bits per heavy atom. The molecule has 1 saturated heterocycles. The van der Waals surface area contributed by atoms with Gasteiger partial charge in [-0.05, 0) is 17.9 Å². The van der Waals surface area contributed by atoms with Crippen molar-refractivity contribution in [2.75, 3.05) is 25.7 Å². The lowest BCUT2D eigenvalue weighted by molar-refractivity contribution is 0.0548. The van der Waals surface area contributed by atoms with E-state index in [1.807, 2.05) is 0 Å². The maximum absolute atomic E-state index is 11.8. The minimum atomic E-state index is -0.667. The van der Waals surface area contributed by atoms with Crippen LogP contribution in [0.4, 0.5) is 0 Å². The van der Waals surface area contributed by atoms with E-state index in [1.54, 1.807) is 23.5 Å². The van der Waals surface area contributed by atoms with Gasteiger partial charge in [0.1, 0.15) is 10.1 Å². The van der Waals surface area contributed by atoms with E-state index in [2.05, 4.69) is 19.4 Å². The molecule has 108 valence electrons. The van der Waals surface area contributed by atoms with Gasteiger partial charge in [0.15, 0.2) is 11.5 Å². The molecule has 6 nitrogen and oxygen atoms in total. The lowest BCUT2D eigenvalue weighted by atomic mass is 10.2. The summed E-state index contributed by atoms with van der Waals surface area (Å²) in [5.41, 5.74) is -0.0231. The van der Waals surface area contributed by atoms with Crippen molar-refractivity contribution in [3.63, 3.8) is 0 Å². The third-order valence-corrected chi connectivity index (χ3v) is 5.52. The molecule has 0 unspecified atom stereocenters. The number of hydrogen-bond acceptors (Lipinski definition) is 8. The van der Waals surface area contributed by atoms with Gasteiger partial charge < -0.3 is 9.47 Å². The minimum Gasteiger partial charge on any atom is -0.465 e. The van der Waals surface area contributed by atoms with Crippen molar-refractivity contribution in [2.45, 2.75) is 11.0 Å². The predicted molar refractivity (Wildman–Crippen MR) is 77.0 cm³/mol. The van der Waals surface area contributed by atoms with E-state index < -0.39 is 11.9 Å². The fourth-order valence-electron chi connectivity index (χ4n) is 1.66. The molecule has 1 aliphatic heterocycles. The third kappa shape index (κ3) is 3.24. The Labute approximate surface area is 125 Å². The molecular weight excluding hydrogens is 300 g/mol. The maximum Gasteiger partial charge on any atom is 0.357 e. The van der Waals surface area contributed by atoms with Crippen LogP contribution in [0.25, 0.3) is 0 Å². The van der Waals surface area contributed by atoms with Crippen LogP contribution < -0.4 is 0 Å². The topological polar surface area (TPSA) is 78.4 Å². The van der Waals surface area contributed by atoms with Crippen LogP contribution in [-0.2, 0) is 9.47 Å². The Kier molecular flexibility index (Phi) is 5.24. The molecule has 8 heteroatoms. The molecule has 1 aliphatic rings. The summed E-state index contributed by atoms with van der Waals surface area (Å²) in [6.07, 6.45) is 2.48. The van der Waals surface area contributed by atoms with Gasteiger partial charge >= 0.3 is 11.9 Å². The fourth-order valence-corrected chi connectivity index (χ4v) is 4.38. The van der Waals surface area contributed by atoms with Gasteiger partial charge in [-0.2, -0.15) is 0 Å². The van der Waals surface area contributed by atoms with E-state index in [0.717, 1.165) is 17.9 Å². The van der Waals surface area contributed by atoms with Gasteiger partial charge in [0.05, 0.1) is 14.2 Å². The molecule has 0 spiro atoms. The molecule has 0 radical (unpaired) electrons. The molecule has 1 aromatic heterocycles. The van der Waals surface area contributed by atoms with Crippen LogP contribution in [0.2, 0.25) is 0 Å². The Morgan fingerprint density at radius 1 is 1.20 bits per heavy atom. The van der Waals surface area contributed by atoms with Gasteiger partial charge in [-0.15, -0.1) is 23.5 Å². The average Bonchev–Trinajstić information content (AvgIpc) is 2.53. The molecule has 0 aromatic carbocycles. The molecule has 2 rings (SSSR count). The number of aromatic nitrogens is 2. The third-order valence-electron chi connectivity index (χ3n) is 2.63. The molecule has 2 heterocycles. The summed E-state index contributed by atoms with van der Waals surface area (Å²) >= 11 is 3.47. The van der Waals surface area contributed by atoms with E-state index in [0.29, 0.717) is 5.82 Å². The first-order chi connectivity index (χ1) is 9.67. The first-order valence-electron chi connectivity index (χ1n) is 5.94. The molecule has 1 aromatic rings. The zero-order chi connectivity index (χ0) is 14.5. The van der Waals surface area contributed by atoms with Crippen molar-refractivity contribution in [3.8, 4) is 0 Å². The van der Waals surface area contributed by atoms with Gasteiger partial charge in [0.2, 0.25) is 0 Å². The second-order valence-electron chi connectivity index (χ2n) is 3.90. The van der Waals surface area contributed by atoms with Crippen LogP contribution in [0.15, 0.2) is 6.20 Å². The van der Waals surface area contributed by atoms with E-state index in [1.165, 1.54) is 20.4 Å². The molecule has 0 atom stereocenters. The smallest absolute Gasteiger partial charge is 0.357 e. The highest BCUT2D eigenvalue weighted by molar-refractivity contribution is 8.16. The second kappa shape index (κ2) is 6.94. The van der Waals surface area contributed by atoms with E-state index >= 15 is 0 Å². The predicted octanol–water partition coefficient (Wildman–Crippen LogP) is 1.92. The normalized spacial score (nSPS) is 15.7. The monoisotopic (exact) mass is 314 g/mol. The van der Waals surface area contributed by atoms with E-state index in [-0.39, 0.29) is 15.8 Å². The summed E-state index contributed by atoms with van der Waals surface area (Å²) in [7, 11) is 2.49. The lowest BCUT2D eigenvalue weighted by Gasteiger charge is -2.19. The van der Waals surface area contributed by atoms with Crippen LogP contribution in [0, 0.1) is 0 Å². The van der Waals surface area contributed by atoms with E-state index in [9.17, 15) is 9.59 Å². The molecule has 0 saturated carbocycles. The number of rotatable bonds is 3. The van der Waals surface area contributed by atoms with Crippen molar-refractivity contribution in [1.82, 2.24) is 9.97 Å². The second-order valence-corrected chi connectivity index (χ2v) is 6.63. The first kappa shape index (κ1) is 15.1. The standard InChI is InChI=1S/C12H14N2O4S2/c1-17-10(15)7-6-13-9(12-19-4-3-5-20-12)14-8(7)11(16)18-2/h6,12H,3-5H2,1-2H3. The van der Waals surface area contributed by atoms with Gasteiger partial charge in [-0.25, -0.2) is 19.6 Å². The van der Waals surface area contributed by atoms with Crippen molar-refractivity contribution in [2.24, 2.45) is 0 Å². The van der Waals surface area contributed by atoms with Gasteiger partial charge in [-0.1, -0.05) is 0 Å². The number of thioether (sulfide) groups is 2. The SMILES string of the molecule is COC(=O)c1cnc(C2SCCCS2)nc1C(=O)OC. The summed E-state index contributed by atoms with van der Waals surface area (Å²) < 4.78 is 9.37. The van der Waals surface area contributed by atoms with Crippen molar-refractivity contribution < 1.29 is 19.1 Å². The van der Waals surface area contributed by atoms with Gasteiger partial charge in [0.25, 0.3) is 0 Å². The number of esters is 2. The van der Waals surface area contributed by atoms with E-state index in [4.69, 9.17) is 0 Å². The van der Waals surface area contributed by atoms with Crippen molar-refractivity contribution >= 4 is 35.5 Å². The van der Waals surface area contributed by atoms with Crippen LogP contribution in [0.5, 0.6) is 0 Å². The Balaban J connectivity index is 2.37. The number of nitrogens with zero attached hydrogens (tertiary/aromatic N) is 2. The zero-order valence-corrected chi connectivity index (χ0v) is 12.8. The zero-order valence-electron chi connectivity index (χ0n) is 11.1. The largest absolute Gasteiger partial charge is 0.465 e. The molecule has 1 fully saturated rings. The number of carbonyl (C=O) groups is 2. The number of hydrogen-bond donors (Lipinski definition) is 0. The maximum atomic E-state index is 11.8. The summed E-state index contributed by atoms with van der Waals surface area (Å²) in [5, 5.41) is 0. The summed E-state index contributed by atoms with van der Waals surface area (Å²) in [4.78, 5) is 31.8. The van der Waals surface area contributed by atoms with Crippen molar-refractivity contribution in [3.05, 3.63) is 23.3 Å². The van der Waals surface area contributed by atoms with Crippen LogP contribution >= 0.6 is 23.5 Å². The van der Waals surface area contributed by atoms with Gasteiger partial charge in [0, 0.05) is 6.20 Å². The lowest BCUT2D eigenvalue weighted by Crippen LogP contribution is -2.17. The number of methoxy groups -OCH3 is 2. The number of carbonyl (C=O) groups excluding carboxylic acids is 2. The highest BCUT2D eigenvalue weighted by Crippen LogP contribution is 2.42. The highest BCUT2D eigenvalue weighted by atomic mass is 32.2. The Hall–Kier alpha value is -1.28. The first-order valence-corrected chi connectivity index (χ1v) is 8.04. The number of ether oxygens (including phenoxy) is 2. The minimum absolute atomic E-state index is 0.0221. The molecule has 0 aliphatic carbocycles. The molecular formula is C12H14N2O4S2. The fraction of sp³-hybridized carbons (Fsp3) is 0.500. The van der Waals surface area contributed by atoms with Gasteiger partial charge in [-0.3, -0.25) is 0 Å². The summed E-state index contributed by atoms with van der Waals surface area (Å²) in [5.74, 6) is 1.29. The Morgan fingerprint density at radius 2 is 1.85 bits per heavy atom. The van der Waals surface area contributed by atoms with Crippen LogP contribution in [0.3, 0.4) is 0 Å². The summed E-state index contributed by atoms with van der Waals surface area (Å²) in [6.45, 7) is 0.